The Morgan fingerprint density at radius 2 is 1.65 bits per heavy atom. The number of nitrogens with zero attached hydrogens (tertiary/aromatic N) is 1. The van der Waals surface area contributed by atoms with Crippen LogP contribution in [0.25, 0.3) is 6.08 Å². The summed E-state index contributed by atoms with van der Waals surface area (Å²) in [6.45, 7) is 0.496. The maximum absolute atomic E-state index is 11.9. The summed E-state index contributed by atoms with van der Waals surface area (Å²) < 4.78 is 0. The van der Waals surface area contributed by atoms with Gasteiger partial charge in [-0.2, -0.15) is 0 Å². The van der Waals surface area contributed by atoms with E-state index in [1.165, 1.54) is 0 Å². The molecular weight excluding hydrogens is 290 g/mol. The number of carbonyl (C=O) groups excluding carboxylic acids is 1. The van der Waals surface area contributed by atoms with Crippen molar-refractivity contribution in [3.05, 3.63) is 93.8 Å². The van der Waals surface area contributed by atoms with Gasteiger partial charge in [0.1, 0.15) is 0 Å². The van der Waals surface area contributed by atoms with Crippen molar-refractivity contribution < 1.29 is 4.79 Å². The highest BCUT2D eigenvalue weighted by molar-refractivity contribution is 6.00. The second-order valence-electron chi connectivity index (χ2n) is 5.08. The van der Waals surface area contributed by atoms with Crippen molar-refractivity contribution in [2.45, 2.75) is 6.54 Å². The fourth-order valence-corrected chi connectivity index (χ4v) is 2.36. The highest BCUT2D eigenvalue weighted by Gasteiger charge is 2.28. The summed E-state index contributed by atoms with van der Waals surface area (Å²) in [4.78, 5) is 22.9. The van der Waals surface area contributed by atoms with Gasteiger partial charge >= 0.3 is 0 Å². The van der Waals surface area contributed by atoms with Crippen LogP contribution < -0.4 is 10.6 Å². The van der Waals surface area contributed by atoms with E-state index >= 15 is 0 Å². The molecule has 1 amide bonds. The van der Waals surface area contributed by atoms with Gasteiger partial charge in [0.2, 0.25) is 0 Å². The van der Waals surface area contributed by atoms with Crippen molar-refractivity contribution in [1.82, 2.24) is 10.6 Å². The Kier molecular flexibility index (Phi) is 4.29. The predicted octanol–water partition coefficient (Wildman–Crippen LogP) is 2.93. The lowest BCUT2D eigenvalue weighted by atomic mass is 10.1. The number of rotatable bonds is 5. The van der Waals surface area contributed by atoms with Crippen molar-refractivity contribution in [2.24, 2.45) is 5.18 Å². The van der Waals surface area contributed by atoms with Gasteiger partial charge in [0.25, 0.3) is 5.91 Å². The number of benzene rings is 2. The summed E-state index contributed by atoms with van der Waals surface area (Å²) >= 11 is 0. The molecular formula is C18H15N3O2. The molecule has 0 aromatic heterocycles. The molecule has 0 unspecified atom stereocenters. The van der Waals surface area contributed by atoms with Gasteiger partial charge in [-0.1, -0.05) is 60.7 Å². The zero-order valence-electron chi connectivity index (χ0n) is 12.3. The first-order valence-electron chi connectivity index (χ1n) is 7.22. The highest BCUT2D eigenvalue weighted by atomic mass is 16.3. The molecule has 0 spiro atoms. The summed E-state index contributed by atoms with van der Waals surface area (Å²) in [7, 11) is 0. The smallest absolute Gasteiger partial charge is 0.280 e. The Labute approximate surface area is 133 Å². The van der Waals surface area contributed by atoms with Crippen molar-refractivity contribution in [3.8, 4) is 0 Å². The monoisotopic (exact) mass is 305 g/mol. The lowest BCUT2D eigenvalue weighted by Gasteiger charge is -2.09. The first kappa shape index (κ1) is 14.7. The van der Waals surface area contributed by atoms with E-state index in [0.29, 0.717) is 17.9 Å². The van der Waals surface area contributed by atoms with E-state index in [1.807, 2.05) is 66.7 Å². The molecule has 114 valence electrons. The van der Waals surface area contributed by atoms with E-state index in [4.69, 9.17) is 0 Å². The van der Waals surface area contributed by atoms with Crippen LogP contribution in [0.15, 0.2) is 82.9 Å². The Morgan fingerprint density at radius 3 is 2.30 bits per heavy atom. The molecule has 1 aliphatic rings. The largest absolute Gasteiger partial charge is 0.377 e. The molecule has 2 N–H and O–H groups in total. The minimum atomic E-state index is -0.488. The number of hydrogen-bond donors (Lipinski definition) is 2. The number of nitrogens with one attached hydrogen (secondary N) is 2. The summed E-state index contributed by atoms with van der Waals surface area (Å²) in [6.07, 6.45) is 1.81. The maximum atomic E-state index is 11.9. The van der Waals surface area contributed by atoms with Gasteiger partial charge in [-0.05, 0) is 22.4 Å². The fraction of sp³-hybridized carbons (Fsp3) is 0.0556. The molecule has 0 saturated carbocycles. The number of nitroso groups, excluding NO2 is 1. The van der Waals surface area contributed by atoms with Gasteiger partial charge in [-0.25, -0.2) is 0 Å². The van der Waals surface area contributed by atoms with Crippen LogP contribution in [0.4, 0.5) is 0 Å². The normalized spacial score (nSPS) is 15.7. The van der Waals surface area contributed by atoms with Crippen LogP contribution >= 0.6 is 0 Å². The zero-order chi connectivity index (χ0) is 16.1. The second kappa shape index (κ2) is 6.70. The van der Waals surface area contributed by atoms with E-state index in [9.17, 15) is 9.70 Å². The molecule has 0 atom stereocenters. The molecule has 0 bridgehead atoms. The third-order valence-corrected chi connectivity index (χ3v) is 3.48. The minimum absolute atomic E-state index is 0.122. The Balaban J connectivity index is 1.88. The van der Waals surface area contributed by atoms with Crippen LogP contribution in [-0.4, -0.2) is 5.91 Å². The van der Waals surface area contributed by atoms with Gasteiger partial charge in [-0.15, -0.1) is 4.91 Å². The van der Waals surface area contributed by atoms with E-state index in [0.717, 1.165) is 11.1 Å². The summed E-state index contributed by atoms with van der Waals surface area (Å²) in [6, 6.07) is 19.3. The van der Waals surface area contributed by atoms with Gasteiger partial charge < -0.3 is 10.6 Å². The average molecular weight is 305 g/mol. The standard InChI is InChI=1S/C18H15N3O2/c22-18-17(21-23)16(19-12-14-9-5-2-6-10-14)15(20-18)11-13-7-3-1-4-8-13/h1-11,19H,12H2,(H,20,22)/b15-11-. The van der Waals surface area contributed by atoms with E-state index in [1.54, 1.807) is 0 Å². The van der Waals surface area contributed by atoms with Crippen molar-refractivity contribution in [2.75, 3.05) is 0 Å². The SMILES string of the molecule is O=NC1=C(NCc2ccccc2)/C(=C/c2ccccc2)NC1=O. The predicted molar refractivity (Wildman–Crippen MR) is 88.7 cm³/mol. The lowest BCUT2D eigenvalue weighted by Crippen LogP contribution is -2.18. The third kappa shape index (κ3) is 3.35. The van der Waals surface area contributed by atoms with Crippen LogP contribution in [-0.2, 0) is 11.3 Å². The van der Waals surface area contributed by atoms with Crippen LogP contribution in [0, 0.1) is 4.91 Å². The molecule has 5 nitrogen and oxygen atoms in total. The zero-order valence-corrected chi connectivity index (χ0v) is 12.3. The van der Waals surface area contributed by atoms with Gasteiger partial charge in [0, 0.05) is 6.54 Å². The third-order valence-electron chi connectivity index (χ3n) is 3.48. The molecule has 0 fully saturated rings. The molecule has 2 aromatic rings. The van der Waals surface area contributed by atoms with Crippen LogP contribution in [0.2, 0.25) is 0 Å². The number of carbonyl (C=O) groups is 1. The molecule has 1 aliphatic heterocycles. The minimum Gasteiger partial charge on any atom is -0.377 e. The van der Waals surface area contributed by atoms with E-state index < -0.39 is 5.91 Å². The molecule has 0 aliphatic carbocycles. The van der Waals surface area contributed by atoms with Crippen molar-refractivity contribution in [3.63, 3.8) is 0 Å². The second-order valence-corrected chi connectivity index (χ2v) is 5.08. The summed E-state index contributed by atoms with van der Waals surface area (Å²) in [5.41, 5.74) is 2.82. The van der Waals surface area contributed by atoms with Gasteiger partial charge in [0.15, 0.2) is 5.70 Å². The first-order valence-corrected chi connectivity index (χ1v) is 7.22. The molecule has 3 rings (SSSR count). The Bertz CT molecular complexity index is 780. The number of hydrogen-bond acceptors (Lipinski definition) is 4. The molecule has 2 aromatic carbocycles. The maximum Gasteiger partial charge on any atom is 0.280 e. The van der Waals surface area contributed by atoms with Crippen LogP contribution in [0.5, 0.6) is 0 Å². The van der Waals surface area contributed by atoms with E-state index in [2.05, 4.69) is 15.8 Å². The van der Waals surface area contributed by atoms with Crippen LogP contribution in [0.1, 0.15) is 11.1 Å². The first-order chi connectivity index (χ1) is 11.3. The topological polar surface area (TPSA) is 70.6 Å². The Hall–Kier alpha value is -3.21. The summed E-state index contributed by atoms with van der Waals surface area (Å²) in [5, 5.41) is 8.68. The van der Waals surface area contributed by atoms with Crippen LogP contribution in [0.3, 0.4) is 0 Å². The molecule has 23 heavy (non-hydrogen) atoms. The van der Waals surface area contributed by atoms with E-state index in [-0.39, 0.29) is 5.70 Å². The molecule has 0 saturated heterocycles. The Morgan fingerprint density at radius 1 is 1.00 bits per heavy atom. The molecule has 1 heterocycles. The molecule has 5 heteroatoms. The summed E-state index contributed by atoms with van der Waals surface area (Å²) in [5.74, 6) is -0.488. The van der Waals surface area contributed by atoms with Gasteiger partial charge in [0.05, 0.1) is 11.4 Å². The lowest BCUT2D eigenvalue weighted by molar-refractivity contribution is -0.116. The quantitative estimate of drug-likeness (QED) is 0.834. The van der Waals surface area contributed by atoms with Crippen molar-refractivity contribution >= 4 is 12.0 Å². The number of amides is 1. The highest BCUT2D eigenvalue weighted by Crippen LogP contribution is 2.22. The average Bonchev–Trinajstić information content (AvgIpc) is 2.89. The van der Waals surface area contributed by atoms with Crippen molar-refractivity contribution in [1.29, 1.82) is 0 Å². The fourth-order valence-electron chi connectivity index (χ4n) is 2.36. The molecule has 0 radical (unpaired) electrons. The van der Waals surface area contributed by atoms with Gasteiger partial charge in [-0.3, -0.25) is 4.79 Å².